The zero-order valence-electron chi connectivity index (χ0n) is 21.9. The monoisotopic (exact) mass is 662 g/mol. The predicted octanol–water partition coefficient (Wildman–Crippen LogP) is 7.11. The Kier molecular flexibility index (Phi) is 8.17. The van der Waals surface area contributed by atoms with Crippen molar-refractivity contribution in [3.8, 4) is 10.6 Å². The van der Waals surface area contributed by atoms with Crippen molar-refractivity contribution in [3.63, 3.8) is 0 Å². The fourth-order valence-corrected chi connectivity index (χ4v) is 6.51. The SMILES string of the molecule is Cc1csc(-c2nc(Nc3ccc(CN4CCN(C(=O)OC(C)(C)C)CC4)cc3)nc3c2ccn3SI)c1. The van der Waals surface area contributed by atoms with Crippen molar-refractivity contribution in [2.75, 3.05) is 31.5 Å². The molecule has 1 saturated heterocycles. The smallest absolute Gasteiger partial charge is 0.410 e. The molecule has 0 radical (unpaired) electrons. The molecule has 3 aromatic heterocycles. The molecule has 4 aromatic rings. The fourth-order valence-electron chi connectivity index (χ4n) is 4.34. The zero-order valence-corrected chi connectivity index (χ0v) is 25.7. The number of nitrogens with one attached hydrogen (secondary N) is 1. The molecule has 200 valence electrons. The van der Waals surface area contributed by atoms with Crippen molar-refractivity contribution in [3.05, 3.63) is 59.1 Å². The van der Waals surface area contributed by atoms with Gasteiger partial charge in [-0.05, 0) is 68.5 Å². The number of benzene rings is 1. The number of amides is 1. The first-order valence-corrected chi connectivity index (χ1v) is 16.7. The van der Waals surface area contributed by atoms with E-state index in [1.807, 2.05) is 27.0 Å². The molecule has 5 rings (SSSR count). The van der Waals surface area contributed by atoms with Crippen LogP contribution in [0.3, 0.4) is 0 Å². The average Bonchev–Trinajstić information content (AvgIpc) is 3.50. The molecule has 1 aliphatic rings. The Balaban J connectivity index is 1.25. The molecule has 38 heavy (non-hydrogen) atoms. The number of piperazine rings is 1. The number of fused-ring (bicyclic) bond motifs is 1. The molecule has 4 heterocycles. The first-order chi connectivity index (χ1) is 18.2. The zero-order chi connectivity index (χ0) is 26.9. The highest BCUT2D eigenvalue weighted by Gasteiger charge is 2.25. The summed E-state index contributed by atoms with van der Waals surface area (Å²) in [6.07, 6.45) is 1.81. The summed E-state index contributed by atoms with van der Waals surface area (Å²) in [5.74, 6) is 0.579. The maximum absolute atomic E-state index is 12.3. The highest BCUT2D eigenvalue weighted by Crippen LogP contribution is 2.35. The van der Waals surface area contributed by atoms with Crippen LogP contribution in [-0.2, 0) is 11.3 Å². The lowest BCUT2D eigenvalue weighted by Gasteiger charge is -2.35. The van der Waals surface area contributed by atoms with E-state index in [2.05, 4.69) is 84.1 Å². The van der Waals surface area contributed by atoms with E-state index in [9.17, 15) is 4.79 Å². The Hall–Kier alpha value is -2.35. The van der Waals surface area contributed by atoms with Crippen LogP contribution in [-0.4, -0.2) is 61.6 Å². The molecule has 1 aliphatic heterocycles. The summed E-state index contributed by atoms with van der Waals surface area (Å²) in [5, 5.41) is 6.60. The van der Waals surface area contributed by atoms with Gasteiger partial charge >= 0.3 is 6.09 Å². The molecular formula is C27H31IN6O2S2. The van der Waals surface area contributed by atoms with Gasteiger partial charge in [-0.3, -0.25) is 8.87 Å². The molecule has 0 atom stereocenters. The summed E-state index contributed by atoms with van der Waals surface area (Å²) in [5.41, 5.74) is 4.77. The van der Waals surface area contributed by atoms with E-state index in [-0.39, 0.29) is 6.09 Å². The van der Waals surface area contributed by atoms with Crippen LogP contribution in [0.15, 0.2) is 48.0 Å². The molecule has 0 spiro atoms. The molecule has 1 aromatic carbocycles. The van der Waals surface area contributed by atoms with Crippen LogP contribution in [0.4, 0.5) is 16.4 Å². The summed E-state index contributed by atoms with van der Waals surface area (Å²) in [4.78, 5) is 27.3. The molecule has 11 heteroatoms. The number of rotatable bonds is 6. The Morgan fingerprint density at radius 3 is 2.50 bits per heavy atom. The lowest BCUT2D eigenvalue weighted by atomic mass is 10.1. The van der Waals surface area contributed by atoms with Crippen molar-refractivity contribution >= 4 is 70.4 Å². The molecular weight excluding hydrogens is 631 g/mol. The van der Waals surface area contributed by atoms with Crippen LogP contribution in [0.5, 0.6) is 0 Å². The Bertz CT molecular complexity index is 1420. The van der Waals surface area contributed by atoms with Crippen molar-refractivity contribution < 1.29 is 9.53 Å². The summed E-state index contributed by atoms with van der Waals surface area (Å²) in [6, 6.07) is 12.7. The number of hydrogen-bond donors (Lipinski definition) is 1. The minimum atomic E-state index is -0.468. The Morgan fingerprint density at radius 1 is 1.13 bits per heavy atom. The van der Waals surface area contributed by atoms with Crippen LogP contribution in [0.25, 0.3) is 21.6 Å². The molecule has 1 N–H and O–H groups in total. The first kappa shape index (κ1) is 27.2. The number of carbonyl (C=O) groups is 1. The van der Waals surface area contributed by atoms with Gasteiger partial charge in [-0.25, -0.2) is 9.78 Å². The summed E-state index contributed by atoms with van der Waals surface area (Å²) in [6.45, 7) is 11.6. The summed E-state index contributed by atoms with van der Waals surface area (Å²) in [7, 11) is 1.59. The predicted molar refractivity (Wildman–Crippen MR) is 165 cm³/mol. The summed E-state index contributed by atoms with van der Waals surface area (Å²) < 4.78 is 7.56. The van der Waals surface area contributed by atoms with Gasteiger partial charge in [0.25, 0.3) is 0 Å². The number of nitrogens with zero attached hydrogens (tertiary/aromatic N) is 5. The minimum absolute atomic E-state index is 0.227. The largest absolute Gasteiger partial charge is 0.444 e. The van der Waals surface area contributed by atoms with Gasteiger partial charge in [0.2, 0.25) is 5.95 Å². The van der Waals surface area contributed by atoms with Crippen LogP contribution < -0.4 is 5.32 Å². The second-order valence-corrected chi connectivity index (χ2v) is 13.0. The van der Waals surface area contributed by atoms with E-state index < -0.39 is 5.60 Å². The van der Waals surface area contributed by atoms with E-state index in [0.29, 0.717) is 19.0 Å². The quantitative estimate of drug-likeness (QED) is 0.221. The van der Waals surface area contributed by atoms with Crippen molar-refractivity contribution in [2.45, 2.75) is 39.8 Å². The van der Waals surface area contributed by atoms with Crippen LogP contribution in [0.2, 0.25) is 0 Å². The maximum atomic E-state index is 12.3. The summed E-state index contributed by atoms with van der Waals surface area (Å²) >= 11 is 3.97. The normalized spacial score (nSPS) is 14.7. The van der Waals surface area contributed by atoms with Crippen molar-refractivity contribution in [1.82, 2.24) is 23.7 Å². The number of aryl methyl sites for hydroxylation is 1. The molecule has 0 bridgehead atoms. The van der Waals surface area contributed by atoms with Crippen LogP contribution >= 0.6 is 41.7 Å². The van der Waals surface area contributed by atoms with Gasteiger partial charge in [0.1, 0.15) is 5.60 Å². The van der Waals surface area contributed by atoms with Gasteiger partial charge in [-0.15, -0.1) is 11.3 Å². The van der Waals surface area contributed by atoms with Gasteiger partial charge in [0.05, 0.1) is 10.6 Å². The first-order valence-electron chi connectivity index (χ1n) is 12.5. The molecule has 1 amide bonds. The second-order valence-electron chi connectivity index (χ2n) is 10.4. The van der Waals surface area contributed by atoms with E-state index >= 15 is 0 Å². The topological polar surface area (TPSA) is 75.5 Å². The number of halogens is 1. The second kappa shape index (κ2) is 11.4. The van der Waals surface area contributed by atoms with Crippen molar-refractivity contribution in [1.29, 1.82) is 0 Å². The molecule has 0 unspecified atom stereocenters. The maximum Gasteiger partial charge on any atom is 0.410 e. The lowest BCUT2D eigenvalue weighted by molar-refractivity contribution is 0.0139. The highest BCUT2D eigenvalue weighted by molar-refractivity contribution is 14.2. The molecule has 1 fully saturated rings. The number of carbonyl (C=O) groups excluding carboxylic acids is 1. The fraction of sp³-hybridized carbons (Fsp3) is 0.370. The molecule has 8 nitrogen and oxygen atoms in total. The number of hydrogen-bond acceptors (Lipinski definition) is 8. The van der Waals surface area contributed by atoms with Crippen molar-refractivity contribution in [2.24, 2.45) is 0 Å². The van der Waals surface area contributed by atoms with Gasteiger partial charge in [-0.1, -0.05) is 12.1 Å². The number of anilines is 2. The van der Waals surface area contributed by atoms with E-state index in [1.54, 1.807) is 25.4 Å². The Morgan fingerprint density at radius 2 is 1.87 bits per heavy atom. The Labute approximate surface area is 243 Å². The number of thiophene rings is 1. The van der Waals surface area contributed by atoms with Crippen LogP contribution in [0.1, 0.15) is 31.9 Å². The van der Waals surface area contributed by atoms with E-state index in [0.717, 1.165) is 46.9 Å². The highest BCUT2D eigenvalue weighted by atomic mass is 127. The van der Waals surface area contributed by atoms with E-state index in [1.165, 1.54) is 11.1 Å². The number of aromatic nitrogens is 3. The average molecular weight is 663 g/mol. The van der Waals surface area contributed by atoms with Gasteiger partial charge in [0.15, 0.2) is 5.65 Å². The van der Waals surface area contributed by atoms with Gasteiger partial charge < -0.3 is 15.0 Å². The van der Waals surface area contributed by atoms with Gasteiger partial charge in [-0.2, -0.15) is 4.98 Å². The van der Waals surface area contributed by atoms with Gasteiger partial charge in [0, 0.05) is 80.3 Å². The number of ether oxygens (including phenoxy) is 1. The third kappa shape index (κ3) is 6.44. The third-order valence-electron chi connectivity index (χ3n) is 6.19. The van der Waals surface area contributed by atoms with Crippen LogP contribution in [0, 0.1) is 6.92 Å². The molecule has 0 saturated carbocycles. The third-order valence-corrected chi connectivity index (χ3v) is 8.96. The standard InChI is InChI=1S/C27H31IN6O2S2/c1-18-15-22(37-17-18)23-21-9-10-34(38-28)24(21)31-25(30-23)29-20-7-5-19(6-8-20)16-32-11-13-33(14-12-32)26(35)36-27(2,3)4/h5-10,15,17H,11-14,16H2,1-4H3,(H,29,30,31). The lowest BCUT2D eigenvalue weighted by Crippen LogP contribution is -2.49. The minimum Gasteiger partial charge on any atom is -0.444 e. The molecule has 0 aliphatic carbocycles. The van der Waals surface area contributed by atoms with E-state index in [4.69, 9.17) is 14.7 Å².